The van der Waals surface area contributed by atoms with Crippen LogP contribution in [0.5, 0.6) is 0 Å². The predicted molar refractivity (Wildman–Crippen MR) is 129 cm³/mol. The summed E-state index contributed by atoms with van der Waals surface area (Å²) >= 11 is 10.8. The van der Waals surface area contributed by atoms with Crippen molar-refractivity contribution in [3.8, 4) is 0 Å². The molecule has 1 aromatic heterocycles. The normalized spacial score (nSPS) is 14.6. The first kappa shape index (κ1) is 22.2. The Hall–Kier alpha value is -2.00. The molecule has 1 amide bonds. The fraction of sp³-hybridized carbons (Fsp3) is 0.318. The molecule has 3 aromatic rings. The topological polar surface area (TPSA) is 61.4 Å². The van der Waals surface area contributed by atoms with E-state index in [0.717, 1.165) is 58.7 Å². The molecule has 0 radical (unpaired) electrons. The van der Waals surface area contributed by atoms with E-state index in [0.29, 0.717) is 18.5 Å². The van der Waals surface area contributed by atoms with Crippen LogP contribution < -0.4 is 10.2 Å². The molecule has 6 nitrogen and oxygen atoms in total. The Morgan fingerprint density at radius 2 is 1.84 bits per heavy atom. The molecule has 31 heavy (non-hydrogen) atoms. The van der Waals surface area contributed by atoms with Gasteiger partial charge in [0.25, 0.3) is 5.91 Å². The van der Waals surface area contributed by atoms with Crippen LogP contribution in [0, 0.1) is 0 Å². The molecule has 1 aliphatic rings. The SMILES string of the molecule is O=C(NCCN1CCN(c2nc(Cc3ccc(Cl)cc3)ns2)CC1)c1ccccc1Br. The van der Waals surface area contributed by atoms with Gasteiger partial charge < -0.3 is 10.2 Å². The van der Waals surface area contributed by atoms with Gasteiger partial charge in [-0.25, -0.2) is 4.98 Å². The summed E-state index contributed by atoms with van der Waals surface area (Å²) in [5.41, 5.74) is 1.82. The molecule has 0 bridgehead atoms. The molecule has 2 heterocycles. The number of anilines is 1. The zero-order chi connectivity index (χ0) is 21.6. The maximum atomic E-state index is 12.3. The second kappa shape index (κ2) is 10.5. The number of aromatic nitrogens is 2. The zero-order valence-corrected chi connectivity index (χ0v) is 20.1. The second-order valence-corrected chi connectivity index (χ2v) is 9.38. The minimum Gasteiger partial charge on any atom is -0.351 e. The average molecular weight is 521 g/mol. The molecule has 0 aliphatic carbocycles. The number of carbonyl (C=O) groups is 1. The molecule has 0 spiro atoms. The van der Waals surface area contributed by atoms with Gasteiger partial charge in [-0.15, -0.1) is 0 Å². The lowest BCUT2D eigenvalue weighted by Crippen LogP contribution is -2.48. The van der Waals surface area contributed by atoms with Crippen molar-refractivity contribution in [2.24, 2.45) is 0 Å². The minimum absolute atomic E-state index is 0.0480. The number of halogens is 2. The third kappa shape index (κ3) is 6.04. The first-order valence-corrected chi connectivity index (χ1v) is 12.1. The Balaban J connectivity index is 1.21. The Morgan fingerprint density at radius 3 is 2.58 bits per heavy atom. The molecule has 1 fully saturated rings. The van der Waals surface area contributed by atoms with E-state index in [2.05, 4.69) is 35.4 Å². The summed E-state index contributed by atoms with van der Waals surface area (Å²) in [6.45, 7) is 5.17. The summed E-state index contributed by atoms with van der Waals surface area (Å²) in [4.78, 5) is 21.7. The Bertz CT molecular complexity index is 1020. The van der Waals surface area contributed by atoms with E-state index < -0.39 is 0 Å². The molecule has 0 unspecified atom stereocenters. The Morgan fingerprint density at radius 1 is 1.10 bits per heavy atom. The standard InChI is InChI=1S/C22H23BrClN5OS/c23-19-4-2-1-3-18(19)21(30)25-9-10-28-11-13-29(14-12-28)22-26-20(27-31-22)15-16-5-7-17(24)8-6-16/h1-8H,9-15H2,(H,25,30). The number of benzene rings is 2. The fourth-order valence-corrected chi connectivity index (χ4v) is 4.79. The Kier molecular flexibility index (Phi) is 7.55. The zero-order valence-electron chi connectivity index (χ0n) is 16.9. The van der Waals surface area contributed by atoms with Gasteiger partial charge in [-0.3, -0.25) is 9.69 Å². The van der Waals surface area contributed by atoms with Gasteiger partial charge in [-0.05, 0) is 45.8 Å². The molecule has 2 aromatic carbocycles. The predicted octanol–water partition coefficient (Wildman–Crippen LogP) is 4.10. The van der Waals surface area contributed by atoms with E-state index in [1.807, 2.05) is 48.5 Å². The highest BCUT2D eigenvalue weighted by atomic mass is 79.9. The molecular weight excluding hydrogens is 498 g/mol. The largest absolute Gasteiger partial charge is 0.351 e. The van der Waals surface area contributed by atoms with Gasteiger partial charge in [-0.1, -0.05) is 35.9 Å². The van der Waals surface area contributed by atoms with Gasteiger partial charge >= 0.3 is 0 Å². The van der Waals surface area contributed by atoms with Crippen molar-refractivity contribution in [1.29, 1.82) is 0 Å². The van der Waals surface area contributed by atoms with Gasteiger partial charge in [0.1, 0.15) is 5.82 Å². The number of piperazine rings is 1. The monoisotopic (exact) mass is 519 g/mol. The van der Waals surface area contributed by atoms with Crippen LogP contribution in [0.15, 0.2) is 53.0 Å². The summed E-state index contributed by atoms with van der Waals surface area (Å²) in [6.07, 6.45) is 0.713. The van der Waals surface area contributed by atoms with E-state index in [1.165, 1.54) is 11.5 Å². The molecule has 1 aliphatic heterocycles. The average Bonchev–Trinajstić information content (AvgIpc) is 3.24. The molecule has 4 rings (SSSR count). The van der Waals surface area contributed by atoms with E-state index in [1.54, 1.807) is 0 Å². The summed E-state index contributed by atoms with van der Waals surface area (Å²) in [5, 5.41) is 4.72. The third-order valence-electron chi connectivity index (χ3n) is 5.21. The van der Waals surface area contributed by atoms with Crippen LogP contribution in [0.1, 0.15) is 21.7 Å². The molecule has 162 valence electrons. The molecule has 0 saturated carbocycles. The van der Waals surface area contributed by atoms with Gasteiger partial charge in [0.2, 0.25) is 5.13 Å². The summed E-state index contributed by atoms with van der Waals surface area (Å²) in [6, 6.07) is 15.3. The lowest BCUT2D eigenvalue weighted by molar-refractivity contribution is 0.0947. The lowest BCUT2D eigenvalue weighted by atomic mass is 10.1. The lowest BCUT2D eigenvalue weighted by Gasteiger charge is -2.34. The summed E-state index contributed by atoms with van der Waals surface area (Å²) < 4.78 is 5.34. The summed E-state index contributed by atoms with van der Waals surface area (Å²) in [5.74, 6) is 0.799. The van der Waals surface area contributed by atoms with Crippen molar-refractivity contribution >= 4 is 50.1 Å². The fourth-order valence-electron chi connectivity index (χ4n) is 3.46. The van der Waals surface area contributed by atoms with Crippen LogP contribution in [0.25, 0.3) is 0 Å². The smallest absolute Gasteiger partial charge is 0.252 e. The van der Waals surface area contributed by atoms with Gasteiger partial charge in [0, 0.05) is 66.7 Å². The van der Waals surface area contributed by atoms with Gasteiger partial charge in [0.05, 0.1) is 5.56 Å². The highest BCUT2D eigenvalue weighted by molar-refractivity contribution is 9.10. The minimum atomic E-state index is -0.0480. The van der Waals surface area contributed by atoms with Gasteiger partial charge in [-0.2, -0.15) is 4.37 Å². The molecular formula is C22H23BrClN5OS. The van der Waals surface area contributed by atoms with Crippen molar-refractivity contribution in [2.75, 3.05) is 44.2 Å². The van der Waals surface area contributed by atoms with Gasteiger partial charge in [0.15, 0.2) is 0 Å². The highest BCUT2D eigenvalue weighted by Gasteiger charge is 2.20. The number of nitrogens with zero attached hydrogens (tertiary/aromatic N) is 4. The van der Waals surface area contributed by atoms with E-state index >= 15 is 0 Å². The maximum absolute atomic E-state index is 12.3. The number of rotatable bonds is 7. The van der Waals surface area contributed by atoms with Crippen LogP contribution >= 0.6 is 39.1 Å². The molecule has 1 saturated heterocycles. The van der Waals surface area contributed by atoms with Crippen molar-refractivity contribution in [2.45, 2.75) is 6.42 Å². The first-order valence-electron chi connectivity index (χ1n) is 10.2. The van der Waals surface area contributed by atoms with Crippen molar-refractivity contribution in [3.05, 3.63) is 75.0 Å². The van der Waals surface area contributed by atoms with Crippen LogP contribution in [0.3, 0.4) is 0 Å². The van der Waals surface area contributed by atoms with E-state index in [4.69, 9.17) is 16.6 Å². The number of hydrogen-bond donors (Lipinski definition) is 1. The van der Waals surface area contributed by atoms with Crippen LogP contribution in [-0.4, -0.2) is 59.4 Å². The van der Waals surface area contributed by atoms with E-state index in [-0.39, 0.29) is 5.91 Å². The molecule has 9 heteroatoms. The number of carbonyl (C=O) groups excluding carboxylic acids is 1. The van der Waals surface area contributed by atoms with Crippen LogP contribution in [0.2, 0.25) is 5.02 Å². The van der Waals surface area contributed by atoms with Crippen LogP contribution in [-0.2, 0) is 6.42 Å². The third-order valence-corrected chi connectivity index (χ3v) is 6.97. The Labute approximate surface area is 199 Å². The molecule has 1 N–H and O–H groups in total. The summed E-state index contributed by atoms with van der Waals surface area (Å²) in [7, 11) is 0. The van der Waals surface area contributed by atoms with Crippen molar-refractivity contribution < 1.29 is 4.79 Å². The molecule has 0 atom stereocenters. The second-order valence-electron chi connectivity index (χ2n) is 7.36. The highest BCUT2D eigenvalue weighted by Crippen LogP contribution is 2.21. The number of amides is 1. The van der Waals surface area contributed by atoms with Crippen LogP contribution in [0.4, 0.5) is 5.13 Å². The number of nitrogens with one attached hydrogen (secondary N) is 1. The maximum Gasteiger partial charge on any atom is 0.252 e. The van der Waals surface area contributed by atoms with Crippen molar-refractivity contribution in [3.63, 3.8) is 0 Å². The van der Waals surface area contributed by atoms with Crippen molar-refractivity contribution in [1.82, 2.24) is 19.6 Å². The van der Waals surface area contributed by atoms with E-state index in [9.17, 15) is 4.79 Å². The first-order chi connectivity index (χ1) is 15.1. The number of hydrogen-bond acceptors (Lipinski definition) is 6. The quantitative estimate of drug-likeness (QED) is 0.508.